The van der Waals surface area contributed by atoms with Gasteiger partial charge in [0.05, 0.1) is 12.6 Å². The highest BCUT2D eigenvalue weighted by atomic mass is 32.2. The van der Waals surface area contributed by atoms with E-state index in [1.165, 1.54) is 25.7 Å². The number of nitrogens with zero attached hydrogens (tertiary/aromatic N) is 2. The molecule has 1 saturated heterocycles. The lowest BCUT2D eigenvalue weighted by molar-refractivity contribution is -0.139. The molecule has 186 valence electrons. The van der Waals surface area contributed by atoms with Gasteiger partial charge < -0.3 is 14.7 Å². The van der Waals surface area contributed by atoms with Gasteiger partial charge in [-0.25, -0.2) is 4.39 Å². The van der Waals surface area contributed by atoms with Gasteiger partial charge in [0.25, 0.3) is 0 Å². The average molecular weight is 489 g/mol. The molecule has 7 heteroatoms. The first-order valence-corrected chi connectivity index (χ1v) is 13.7. The summed E-state index contributed by atoms with van der Waals surface area (Å²) in [5, 5.41) is 11.1. The van der Waals surface area contributed by atoms with Crippen LogP contribution in [0.5, 0.6) is 5.75 Å². The van der Waals surface area contributed by atoms with Gasteiger partial charge in [-0.05, 0) is 80.3 Å². The number of aliphatic carboxylic acids is 1. The zero-order valence-corrected chi connectivity index (χ0v) is 20.9. The Kier molecular flexibility index (Phi) is 9.06. The van der Waals surface area contributed by atoms with Crippen molar-refractivity contribution in [3.63, 3.8) is 0 Å². The van der Waals surface area contributed by atoms with Crippen LogP contribution in [0.1, 0.15) is 63.1 Å². The van der Waals surface area contributed by atoms with Gasteiger partial charge in [-0.2, -0.15) is 11.8 Å². The van der Waals surface area contributed by atoms with E-state index in [0.717, 1.165) is 48.0 Å². The maximum absolute atomic E-state index is 15.4. The minimum atomic E-state index is -1.11. The SMILES string of the molecule is COc1ccc2nccc([C@H](F)CC[C@@H]3CCN(CCSC4CCCC4)C[C@@H]3CC(=O)O)c2c1. The number of pyridine rings is 1. The van der Waals surface area contributed by atoms with Crippen molar-refractivity contribution in [2.75, 3.05) is 32.5 Å². The summed E-state index contributed by atoms with van der Waals surface area (Å²) in [6.45, 7) is 2.83. The summed E-state index contributed by atoms with van der Waals surface area (Å²) in [7, 11) is 1.60. The van der Waals surface area contributed by atoms with Crippen LogP contribution in [-0.2, 0) is 4.79 Å². The van der Waals surface area contributed by atoms with E-state index in [9.17, 15) is 9.90 Å². The van der Waals surface area contributed by atoms with Gasteiger partial charge in [0.2, 0.25) is 0 Å². The molecule has 1 aliphatic carbocycles. The molecule has 0 spiro atoms. The van der Waals surface area contributed by atoms with Crippen molar-refractivity contribution >= 4 is 28.6 Å². The van der Waals surface area contributed by atoms with Crippen molar-refractivity contribution in [3.05, 3.63) is 36.0 Å². The molecule has 0 unspecified atom stereocenters. The number of carboxylic acids is 1. The largest absolute Gasteiger partial charge is 0.497 e. The lowest BCUT2D eigenvalue weighted by Crippen LogP contribution is -2.42. The van der Waals surface area contributed by atoms with Crippen LogP contribution in [-0.4, -0.2) is 58.7 Å². The number of rotatable bonds is 11. The number of carbonyl (C=O) groups is 1. The third-order valence-electron chi connectivity index (χ3n) is 7.59. The van der Waals surface area contributed by atoms with Crippen LogP contribution in [0.3, 0.4) is 0 Å². The fourth-order valence-corrected chi connectivity index (χ4v) is 7.02. The Morgan fingerprint density at radius 2 is 2.09 bits per heavy atom. The number of carboxylic acid groups (broad SMARTS) is 1. The zero-order valence-electron chi connectivity index (χ0n) is 20.1. The minimum absolute atomic E-state index is 0.0872. The highest BCUT2D eigenvalue weighted by Crippen LogP contribution is 2.36. The maximum atomic E-state index is 15.4. The minimum Gasteiger partial charge on any atom is -0.497 e. The van der Waals surface area contributed by atoms with Crippen molar-refractivity contribution in [1.29, 1.82) is 0 Å². The number of hydrogen-bond donors (Lipinski definition) is 1. The summed E-state index contributed by atoms with van der Waals surface area (Å²) in [5.74, 6) is 1.40. The lowest BCUT2D eigenvalue weighted by atomic mass is 9.79. The fourth-order valence-electron chi connectivity index (χ4n) is 5.66. The topological polar surface area (TPSA) is 62.7 Å². The molecule has 4 rings (SSSR count). The number of hydrogen-bond acceptors (Lipinski definition) is 5. The molecule has 2 aliphatic rings. The summed E-state index contributed by atoms with van der Waals surface area (Å²) in [5.41, 5.74) is 1.40. The predicted molar refractivity (Wildman–Crippen MR) is 136 cm³/mol. The summed E-state index contributed by atoms with van der Waals surface area (Å²) >= 11 is 2.09. The van der Waals surface area contributed by atoms with Crippen LogP contribution in [0, 0.1) is 11.8 Å². The standard InChI is InChI=1S/C27H37FN2O3S/c1-33-21-7-9-26-24(17-21)23(10-12-29-26)25(28)8-6-19-11-13-30(18-20(19)16-27(31)32)14-15-34-22-4-2-3-5-22/h7,9-10,12,17,19-20,22,25H,2-6,8,11,13-16,18H2,1H3,(H,31,32)/t19-,20+,25-/m1/s1. The molecule has 1 aromatic carbocycles. The van der Waals surface area contributed by atoms with Crippen molar-refractivity contribution in [1.82, 2.24) is 9.88 Å². The van der Waals surface area contributed by atoms with E-state index in [1.54, 1.807) is 19.4 Å². The molecule has 2 heterocycles. The van der Waals surface area contributed by atoms with Crippen LogP contribution < -0.4 is 4.74 Å². The first kappa shape index (κ1) is 25.2. The molecule has 2 fully saturated rings. The van der Waals surface area contributed by atoms with Crippen LogP contribution >= 0.6 is 11.8 Å². The van der Waals surface area contributed by atoms with Gasteiger partial charge in [0.15, 0.2) is 0 Å². The summed E-state index contributed by atoms with van der Waals surface area (Å²) < 4.78 is 20.8. The number of alkyl halides is 1. The Bertz CT molecular complexity index is 953. The normalized spacial score (nSPS) is 22.8. The third kappa shape index (κ3) is 6.63. The van der Waals surface area contributed by atoms with E-state index in [2.05, 4.69) is 21.6 Å². The van der Waals surface area contributed by atoms with E-state index < -0.39 is 12.1 Å². The number of fused-ring (bicyclic) bond motifs is 1. The van der Waals surface area contributed by atoms with Crippen molar-refractivity contribution in [2.45, 2.75) is 62.8 Å². The summed E-state index contributed by atoms with van der Waals surface area (Å²) in [6, 6.07) is 7.29. The second-order valence-electron chi connectivity index (χ2n) is 9.81. The molecule has 5 nitrogen and oxygen atoms in total. The number of aromatic nitrogens is 1. The van der Waals surface area contributed by atoms with Crippen molar-refractivity contribution in [3.8, 4) is 5.75 Å². The smallest absolute Gasteiger partial charge is 0.303 e. The number of likely N-dealkylation sites (tertiary alicyclic amines) is 1. The molecule has 2 aromatic rings. The monoisotopic (exact) mass is 488 g/mol. The first-order chi connectivity index (χ1) is 16.5. The molecule has 1 N–H and O–H groups in total. The Balaban J connectivity index is 1.34. The van der Waals surface area contributed by atoms with Gasteiger partial charge in [0.1, 0.15) is 11.9 Å². The highest BCUT2D eigenvalue weighted by Gasteiger charge is 2.31. The molecule has 1 saturated carbocycles. The molecule has 0 bridgehead atoms. The fraction of sp³-hybridized carbons (Fsp3) is 0.630. The van der Waals surface area contributed by atoms with E-state index >= 15 is 4.39 Å². The average Bonchev–Trinajstić information content (AvgIpc) is 3.36. The molecule has 3 atom stereocenters. The number of piperidine rings is 1. The highest BCUT2D eigenvalue weighted by molar-refractivity contribution is 7.99. The Morgan fingerprint density at radius 1 is 1.26 bits per heavy atom. The van der Waals surface area contributed by atoms with Crippen LogP contribution in [0.2, 0.25) is 0 Å². The van der Waals surface area contributed by atoms with Crippen molar-refractivity contribution in [2.24, 2.45) is 11.8 Å². The van der Waals surface area contributed by atoms with Gasteiger partial charge in [-0.1, -0.05) is 12.8 Å². The number of methoxy groups -OCH3 is 1. The molecular formula is C27H37FN2O3S. The zero-order chi connectivity index (χ0) is 23.9. The molecular weight excluding hydrogens is 451 g/mol. The van der Waals surface area contributed by atoms with E-state index in [4.69, 9.17) is 4.74 Å². The van der Waals surface area contributed by atoms with E-state index in [0.29, 0.717) is 24.2 Å². The van der Waals surface area contributed by atoms with Gasteiger partial charge >= 0.3 is 5.97 Å². The molecule has 34 heavy (non-hydrogen) atoms. The number of ether oxygens (including phenoxy) is 1. The molecule has 0 amide bonds. The van der Waals surface area contributed by atoms with Gasteiger partial charge in [0, 0.05) is 42.1 Å². The number of benzene rings is 1. The van der Waals surface area contributed by atoms with Crippen LogP contribution in [0.4, 0.5) is 4.39 Å². The second-order valence-corrected chi connectivity index (χ2v) is 11.2. The predicted octanol–water partition coefficient (Wildman–Crippen LogP) is 6.12. The van der Waals surface area contributed by atoms with Crippen LogP contribution in [0.15, 0.2) is 30.5 Å². The summed E-state index contributed by atoms with van der Waals surface area (Å²) in [4.78, 5) is 18.3. The second kappa shape index (κ2) is 12.2. The quantitative estimate of drug-likeness (QED) is 0.411. The Hall–Kier alpha value is -1.86. The summed E-state index contributed by atoms with van der Waals surface area (Å²) in [6.07, 6.45) is 8.19. The number of halogens is 1. The van der Waals surface area contributed by atoms with E-state index in [-0.39, 0.29) is 18.3 Å². The number of thioether (sulfide) groups is 1. The first-order valence-electron chi connectivity index (χ1n) is 12.7. The van der Waals surface area contributed by atoms with Gasteiger partial charge in [-0.15, -0.1) is 0 Å². The third-order valence-corrected chi connectivity index (χ3v) is 8.95. The van der Waals surface area contributed by atoms with Crippen LogP contribution in [0.25, 0.3) is 10.9 Å². The maximum Gasteiger partial charge on any atom is 0.303 e. The van der Waals surface area contributed by atoms with Gasteiger partial charge in [-0.3, -0.25) is 9.78 Å². The molecule has 1 aliphatic heterocycles. The molecule has 0 radical (unpaired) electrons. The Labute approximate surface area is 206 Å². The van der Waals surface area contributed by atoms with Crippen molar-refractivity contribution < 1.29 is 19.0 Å². The lowest BCUT2D eigenvalue weighted by Gasteiger charge is -2.38. The van der Waals surface area contributed by atoms with E-state index in [1.807, 2.05) is 18.2 Å². The Morgan fingerprint density at radius 3 is 2.85 bits per heavy atom. The molecule has 1 aromatic heterocycles.